The molecule has 0 radical (unpaired) electrons. The second-order valence-corrected chi connectivity index (χ2v) is 6.71. The Hall–Kier alpha value is -2.53. The first-order valence-corrected chi connectivity index (χ1v) is 8.86. The van der Waals surface area contributed by atoms with Gasteiger partial charge in [-0.2, -0.15) is 0 Å². The lowest BCUT2D eigenvalue weighted by atomic mass is 10.1. The fourth-order valence-electron chi connectivity index (χ4n) is 3.04. The topological polar surface area (TPSA) is 49.9 Å². The van der Waals surface area contributed by atoms with Crippen LogP contribution >= 0.6 is 11.6 Å². The van der Waals surface area contributed by atoms with Crippen LogP contribution in [0.4, 0.5) is 0 Å². The molecular formula is C20H21ClN2O3. The number of halogens is 1. The zero-order valence-corrected chi connectivity index (χ0v) is 15.6. The van der Waals surface area contributed by atoms with E-state index in [2.05, 4.69) is 0 Å². The van der Waals surface area contributed by atoms with E-state index in [1.807, 2.05) is 31.2 Å². The Labute approximate surface area is 158 Å². The van der Waals surface area contributed by atoms with Gasteiger partial charge in [-0.15, -0.1) is 0 Å². The van der Waals surface area contributed by atoms with Crippen LogP contribution < -0.4 is 4.74 Å². The fourth-order valence-corrected chi connectivity index (χ4v) is 3.29. The number of piperazine rings is 1. The number of hydrogen-bond donors (Lipinski definition) is 0. The largest absolute Gasteiger partial charge is 0.497 e. The maximum atomic E-state index is 12.7. The van der Waals surface area contributed by atoms with Crippen LogP contribution in [-0.2, 0) is 0 Å². The van der Waals surface area contributed by atoms with Gasteiger partial charge < -0.3 is 14.5 Å². The van der Waals surface area contributed by atoms with E-state index in [9.17, 15) is 9.59 Å². The lowest BCUT2D eigenvalue weighted by Crippen LogP contribution is -2.50. The number of carbonyl (C=O) groups is 2. The van der Waals surface area contributed by atoms with Crippen LogP contribution in [0.1, 0.15) is 26.3 Å². The summed E-state index contributed by atoms with van der Waals surface area (Å²) in [7, 11) is 1.55. The Kier molecular flexibility index (Phi) is 5.47. The summed E-state index contributed by atoms with van der Waals surface area (Å²) in [4.78, 5) is 28.8. The summed E-state index contributed by atoms with van der Waals surface area (Å²) in [5, 5.41) is 0.368. The average Bonchev–Trinajstić information content (AvgIpc) is 2.67. The molecule has 1 heterocycles. The normalized spacial score (nSPS) is 14.3. The van der Waals surface area contributed by atoms with Gasteiger partial charge in [0.05, 0.1) is 17.7 Å². The number of aryl methyl sites for hydroxylation is 1. The minimum absolute atomic E-state index is 0.00304. The van der Waals surface area contributed by atoms with Gasteiger partial charge in [-0.05, 0) is 37.3 Å². The van der Waals surface area contributed by atoms with Crippen molar-refractivity contribution in [2.24, 2.45) is 0 Å². The second kappa shape index (κ2) is 7.79. The van der Waals surface area contributed by atoms with E-state index in [-0.39, 0.29) is 11.8 Å². The Bertz CT molecular complexity index is 830. The predicted molar refractivity (Wildman–Crippen MR) is 101 cm³/mol. The minimum atomic E-state index is -0.125. The molecule has 6 heteroatoms. The summed E-state index contributed by atoms with van der Waals surface area (Å²) in [6, 6.07) is 12.6. The molecule has 2 aromatic rings. The van der Waals surface area contributed by atoms with E-state index in [4.69, 9.17) is 16.3 Å². The molecule has 0 bridgehead atoms. The van der Waals surface area contributed by atoms with Crippen LogP contribution in [0, 0.1) is 6.92 Å². The Morgan fingerprint density at radius 1 is 0.962 bits per heavy atom. The summed E-state index contributed by atoms with van der Waals surface area (Å²) in [6.45, 7) is 3.95. The smallest absolute Gasteiger partial charge is 0.255 e. The van der Waals surface area contributed by atoms with Crippen LogP contribution in [0.15, 0.2) is 42.5 Å². The summed E-state index contributed by atoms with van der Waals surface area (Å²) >= 11 is 6.20. The quantitative estimate of drug-likeness (QED) is 0.831. The van der Waals surface area contributed by atoms with Gasteiger partial charge in [-0.3, -0.25) is 9.59 Å². The third kappa shape index (κ3) is 3.83. The highest BCUT2D eigenvalue weighted by atomic mass is 35.5. The molecule has 1 saturated heterocycles. The van der Waals surface area contributed by atoms with Gasteiger partial charge in [0.25, 0.3) is 11.8 Å². The Balaban J connectivity index is 1.65. The first-order chi connectivity index (χ1) is 12.5. The van der Waals surface area contributed by atoms with Gasteiger partial charge in [-0.25, -0.2) is 0 Å². The Morgan fingerprint density at radius 2 is 1.62 bits per heavy atom. The zero-order chi connectivity index (χ0) is 18.7. The van der Waals surface area contributed by atoms with Crippen LogP contribution in [0.3, 0.4) is 0 Å². The van der Waals surface area contributed by atoms with E-state index in [1.165, 1.54) is 0 Å². The first-order valence-electron chi connectivity index (χ1n) is 8.48. The number of carbonyl (C=O) groups excluding carboxylic acids is 2. The highest BCUT2D eigenvalue weighted by Crippen LogP contribution is 2.24. The molecule has 0 atom stereocenters. The van der Waals surface area contributed by atoms with Gasteiger partial charge in [0.15, 0.2) is 0 Å². The molecule has 5 nitrogen and oxygen atoms in total. The van der Waals surface area contributed by atoms with Crippen molar-refractivity contribution in [1.82, 2.24) is 9.80 Å². The second-order valence-electron chi connectivity index (χ2n) is 6.30. The van der Waals surface area contributed by atoms with Crippen molar-refractivity contribution in [3.05, 3.63) is 64.2 Å². The highest BCUT2D eigenvalue weighted by molar-refractivity contribution is 6.34. The number of amides is 2. The van der Waals surface area contributed by atoms with Crippen LogP contribution in [0.25, 0.3) is 0 Å². The average molecular weight is 373 g/mol. The molecule has 0 spiro atoms. The maximum Gasteiger partial charge on any atom is 0.255 e. The summed E-state index contributed by atoms with van der Waals surface area (Å²) in [6.07, 6.45) is 0. The van der Waals surface area contributed by atoms with Crippen molar-refractivity contribution >= 4 is 23.4 Å². The molecule has 1 fully saturated rings. The zero-order valence-electron chi connectivity index (χ0n) is 14.9. The van der Waals surface area contributed by atoms with Crippen molar-refractivity contribution in [2.45, 2.75) is 6.92 Å². The first kappa shape index (κ1) is 18.3. The number of nitrogens with zero attached hydrogens (tertiary/aromatic N) is 2. The van der Waals surface area contributed by atoms with Crippen LogP contribution in [0.2, 0.25) is 5.02 Å². The summed E-state index contributed by atoms with van der Waals surface area (Å²) in [5.41, 5.74) is 2.19. The molecule has 0 aromatic heterocycles. The molecule has 2 amide bonds. The number of ether oxygens (including phenoxy) is 1. The molecule has 0 N–H and O–H groups in total. The molecule has 0 saturated carbocycles. The van der Waals surface area contributed by atoms with Gasteiger partial charge in [-0.1, -0.05) is 29.3 Å². The summed E-state index contributed by atoms with van der Waals surface area (Å²) < 4.78 is 5.11. The van der Waals surface area contributed by atoms with Crippen LogP contribution in [0.5, 0.6) is 5.75 Å². The van der Waals surface area contributed by atoms with Crippen molar-refractivity contribution in [2.75, 3.05) is 33.3 Å². The number of hydrogen-bond acceptors (Lipinski definition) is 3. The van der Waals surface area contributed by atoms with Gasteiger partial charge in [0.1, 0.15) is 5.75 Å². The molecule has 3 rings (SSSR count). The molecule has 2 aromatic carbocycles. The SMILES string of the molecule is COc1ccc(C(=O)N2CCN(C(=O)c3cccc(C)c3)CC2)c(Cl)c1. The number of methoxy groups -OCH3 is 1. The van der Waals surface area contributed by atoms with E-state index in [1.54, 1.807) is 35.1 Å². The lowest BCUT2D eigenvalue weighted by Gasteiger charge is -2.35. The number of benzene rings is 2. The molecule has 0 aliphatic carbocycles. The number of rotatable bonds is 3. The lowest BCUT2D eigenvalue weighted by molar-refractivity contribution is 0.0535. The van der Waals surface area contributed by atoms with E-state index in [0.29, 0.717) is 48.1 Å². The van der Waals surface area contributed by atoms with Crippen LogP contribution in [-0.4, -0.2) is 54.9 Å². The summed E-state index contributed by atoms with van der Waals surface area (Å²) in [5.74, 6) is 0.490. The van der Waals surface area contributed by atoms with E-state index >= 15 is 0 Å². The molecule has 26 heavy (non-hydrogen) atoms. The predicted octanol–water partition coefficient (Wildman–Crippen LogP) is 3.26. The minimum Gasteiger partial charge on any atom is -0.497 e. The molecule has 1 aliphatic rings. The highest BCUT2D eigenvalue weighted by Gasteiger charge is 2.26. The third-order valence-electron chi connectivity index (χ3n) is 4.53. The maximum absolute atomic E-state index is 12.7. The van der Waals surface area contributed by atoms with Crippen molar-refractivity contribution in [3.8, 4) is 5.75 Å². The van der Waals surface area contributed by atoms with Crippen molar-refractivity contribution in [1.29, 1.82) is 0 Å². The Morgan fingerprint density at radius 3 is 2.19 bits per heavy atom. The standard InChI is InChI=1S/C20H21ClN2O3/c1-14-4-3-5-15(12-14)19(24)22-8-10-23(11-9-22)20(25)17-7-6-16(26-2)13-18(17)21/h3-7,12-13H,8-11H2,1-2H3. The molecular weight excluding hydrogens is 352 g/mol. The molecule has 1 aliphatic heterocycles. The fraction of sp³-hybridized carbons (Fsp3) is 0.300. The molecule has 136 valence electrons. The molecule has 0 unspecified atom stereocenters. The van der Waals surface area contributed by atoms with E-state index in [0.717, 1.165) is 5.56 Å². The van der Waals surface area contributed by atoms with E-state index < -0.39 is 0 Å². The van der Waals surface area contributed by atoms with Gasteiger partial charge in [0, 0.05) is 31.7 Å². The van der Waals surface area contributed by atoms with Gasteiger partial charge in [0.2, 0.25) is 0 Å². The van der Waals surface area contributed by atoms with Crippen molar-refractivity contribution in [3.63, 3.8) is 0 Å². The van der Waals surface area contributed by atoms with Crippen molar-refractivity contribution < 1.29 is 14.3 Å². The monoisotopic (exact) mass is 372 g/mol. The third-order valence-corrected chi connectivity index (χ3v) is 4.84. The van der Waals surface area contributed by atoms with Gasteiger partial charge >= 0.3 is 0 Å².